The summed E-state index contributed by atoms with van der Waals surface area (Å²) in [6.45, 7) is 0.349. The van der Waals surface area contributed by atoms with Crippen molar-refractivity contribution in [2.75, 3.05) is 0 Å². The fourth-order valence-corrected chi connectivity index (χ4v) is 1.82. The predicted molar refractivity (Wildman–Crippen MR) is 70.5 cm³/mol. The average Bonchev–Trinajstić information content (AvgIpc) is 2.89. The Morgan fingerprint density at radius 2 is 2.10 bits per heavy atom. The van der Waals surface area contributed by atoms with Crippen LogP contribution in [0.25, 0.3) is 0 Å². The molecule has 0 bridgehead atoms. The normalized spacial score (nSPS) is 10.2. The Balaban J connectivity index is 2.19. The Kier molecular flexibility index (Phi) is 4.06. The first-order valence-electron chi connectivity index (χ1n) is 5.83. The summed E-state index contributed by atoms with van der Waals surface area (Å²) < 4.78 is 1.46. The van der Waals surface area contributed by atoms with Crippen molar-refractivity contribution >= 4 is 11.6 Å². The Bertz CT molecular complexity index is 638. The molecule has 8 nitrogen and oxygen atoms in total. The Morgan fingerprint density at radius 1 is 1.40 bits per heavy atom. The van der Waals surface area contributed by atoms with E-state index >= 15 is 0 Å². The second kappa shape index (κ2) is 5.93. The van der Waals surface area contributed by atoms with Crippen LogP contribution in [0.5, 0.6) is 0 Å². The zero-order valence-corrected chi connectivity index (χ0v) is 10.5. The van der Waals surface area contributed by atoms with Crippen molar-refractivity contribution in [3.63, 3.8) is 0 Å². The van der Waals surface area contributed by atoms with Gasteiger partial charge in [0, 0.05) is 0 Å². The molecule has 0 saturated carbocycles. The number of nitrogens with one attached hydrogen (secondary N) is 1. The van der Waals surface area contributed by atoms with Crippen LogP contribution >= 0.6 is 0 Å². The van der Waals surface area contributed by atoms with Crippen molar-refractivity contribution in [1.29, 1.82) is 0 Å². The van der Waals surface area contributed by atoms with Crippen LogP contribution in [0.3, 0.4) is 0 Å². The fourth-order valence-electron chi connectivity index (χ4n) is 1.82. The van der Waals surface area contributed by atoms with Crippen molar-refractivity contribution in [2.45, 2.75) is 13.0 Å². The van der Waals surface area contributed by atoms with Crippen molar-refractivity contribution in [2.24, 2.45) is 5.84 Å². The highest BCUT2D eigenvalue weighted by Gasteiger charge is 2.11. The molecule has 1 aromatic heterocycles. The highest BCUT2D eigenvalue weighted by atomic mass is 16.6. The number of hydrogen-bond donors (Lipinski definition) is 2. The molecule has 2 rings (SSSR count). The second-order valence-electron chi connectivity index (χ2n) is 4.17. The molecule has 1 aromatic carbocycles. The van der Waals surface area contributed by atoms with E-state index in [9.17, 15) is 14.9 Å². The maximum Gasteiger partial charge on any atom is 0.307 e. The highest BCUT2D eigenvalue weighted by molar-refractivity contribution is 5.78. The average molecular weight is 275 g/mol. The van der Waals surface area contributed by atoms with Crippen LogP contribution in [0.2, 0.25) is 0 Å². The minimum Gasteiger partial charge on any atom is -0.294 e. The molecule has 0 radical (unpaired) electrons. The number of carbonyl (C=O) groups excluding carboxylic acids is 1. The molecule has 1 heterocycles. The summed E-state index contributed by atoms with van der Waals surface area (Å²) in [5.74, 6) is 4.77. The summed E-state index contributed by atoms with van der Waals surface area (Å²) >= 11 is 0. The third-order valence-electron chi connectivity index (χ3n) is 2.79. The maximum absolute atomic E-state index is 11.3. The number of nitrogens with zero attached hydrogens (tertiary/aromatic N) is 3. The summed E-state index contributed by atoms with van der Waals surface area (Å²) in [4.78, 5) is 21.4. The summed E-state index contributed by atoms with van der Waals surface area (Å²) in [6.07, 6.45) is 2.69. The highest BCUT2D eigenvalue weighted by Crippen LogP contribution is 2.14. The van der Waals surface area contributed by atoms with E-state index in [4.69, 9.17) is 5.84 Å². The molecular formula is C12H13N5O3. The largest absolute Gasteiger partial charge is 0.307 e. The van der Waals surface area contributed by atoms with Gasteiger partial charge in [-0.25, -0.2) is 5.84 Å². The van der Waals surface area contributed by atoms with E-state index in [-0.39, 0.29) is 18.0 Å². The number of hydrogen-bond acceptors (Lipinski definition) is 5. The van der Waals surface area contributed by atoms with Crippen LogP contribution in [0.15, 0.2) is 36.7 Å². The number of rotatable bonds is 5. The Morgan fingerprint density at radius 3 is 2.70 bits per heavy atom. The van der Waals surface area contributed by atoms with Gasteiger partial charge in [0.15, 0.2) is 0 Å². The number of nitro groups is 1. The topological polar surface area (TPSA) is 116 Å². The van der Waals surface area contributed by atoms with E-state index in [0.717, 1.165) is 11.1 Å². The molecule has 3 N–H and O–H groups in total. The van der Waals surface area contributed by atoms with Crippen LogP contribution in [0, 0.1) is 10.1 Å². The van der Waals surface area contributed by atoms with Gasteiger partial charge in [0.1, 0.15) is 12.4 Å². The Hall–Kier alpha value is -2.74. The molecule has 0 atom stereocenters. The van der Waals surface area contributed by atoms with Gasteiger partial charge in [-0.15, -0.1) is 0 Å². The molecule has 1 amide bonds. The lowest BCUT2D eigenvalue weighted by Crippen LogP contribution is -2.31. The molecular weight excluding hydrogens is 262 g/mol. The van der Waals surface area contributed by atoms with Crippen molar-refractivity contribution in [3.8, 4) is 0 Å². The summed E-state index contributed by atoms with van der Waals surface area (Å²) in [7, 11) is 0. The number of carbonyl (C=O) groups is 1. The summed E-state index contributed by atoms with van der Waals surface area (Å²) in [6, 6.07) is 7.29. The van der Waals surface area contributed by atoms with Gasteiger partial charge < -0.3 is 0 Å². The van der Waals surface area contributed by atoms with Gasteiger partial charge in [-0.05, 0) is 11.1 Å². The van der Waals surface area contributed by atoms with Crippen molar-refractivity contribution in [3.05, 3.63) is 57.9 Å². The van der Waals surface area contributed by atoms with Gasteiger partial charge in [0.05, 0.1) is 17.9 Å². The third-order valence-corrected chi connectivity index (χ3v) is 2.79. The molecule has 0 aliphatic carbocycles. The molecule has 0 aliphatic rings. The van der Waals surface area contributed by atoms with Gasteiger partial charge in [0.25, 0.3) is 0 Å². The Labute approximate surface area is 114 Å². The van der Waals surface area contributed by atoms with Gasteiger partial charge in [-0.3, -0.25) is 25.0 Å². The monoisotopic (exact) mass is 275 g/mol. The number of benzene rings is 1. The van der Waals surface area contributed by atoms with E-state index in [1.165, 1.54) is 17.1 Å². The SMILES string of the molecule is NNC(=O)Cc1ccccc1Cn1cc([N+](=O)[O-])cn1. The second-order valence-corrected chi connectivity index (χ2v) is 4.17. The molecule has 20 heavy (non-hydrogen) atoms. The summed E-state index contributed by atoms with van der Waals surface area (Å²) in [5, 5.41) is 14.5. The smallest absolute Gasteiger partial charge is 0.294 e. The standard InChI is InChI=1S/C12H13N5O3/c13-15-12(18)5-9-3-1-2-4-10(9)7-16-8-11(6-14-16)17(19)20/h1-4,6,8H,5,7,13H2,(H,15,18). The van der Waals surface area contributed by atoms with E-state index in [1.807, 2.05) is 24.3 Å². The molecule has 0 fully saturated rings. The zero-order valence-electron chi connectivity index (χ0n) is 10.5. The van der Waals surface area contributed by atoms with E-state index in [1.54, 1.807) is 0 Å². The lowest BCUT2D eigenvalue weighted by atomic mass is 10.0. The molecule has 0 saturated heterocycles. The van der Waals surface area contributed by atoms with Crippen LogP contribution < -0.4 is 11.3 Å². The molecule has 8 heteroatoms. The quantitative estimate of drug-likeness (QED) is 0.354. The van der Waals surface area contributed by atoms with E-state index in [2.05, 4.69) is 10.5 Å². The van der Waals surface area contributed by atoms with Gasteiger partial charge in [0.2, 0.25) is 5.91 Å². The lowest BCUT2D eigenvalue weighted by Gasteiger charge is -2.08. The lowest BCUT2D eigenvalue weighted by molar-refractivity contribution is -0.385. The number of aromatic nitrogens is 2. The molecule has 0 aliphatic heterocycles. The summed E-state index contributed by atoms with van der Waals surface area (Å²) in [5.41, 5.74) is 3.66. The first-order chi connectivity index (χ1) is 9.60. The molecule has 2 aromatic rings. The van der Waals surface area contributed by atoms with Crippen LogP contribution in [0.1, 0.15) is 11.1 Å². The van der Waals surface area contributed by atoms with Gasteiger partial charge >= 0.3 is 5.69 Å². The fraction of sp³-hybridized carbons (Fsp3) is 0.167. The van der Waals surface area contributed by atoms with Gasteiger partial charge in [-0.2, -0.15) is 5.10 Å². The predicted octanol–water partition coefficient (Wildman–Crippen LogP) is 0.372. The number of nitrogens with two attached hydrogens (primary N) is 1. The van der Waals surface area contributed by atoms with Crippen LogP contribution in [-0.4, -0.2) is 20.6 Å². The molecule has 0 spiro atoms. The minimum absolute atomic E-state index is 0.0674. The van der Waals surface area contributed by atoms with E-state index < -0.39 is 4.92 Å². The number of amides is 1. The van der Waals surface area contributed by atoms with Crippen LogP contribution in [-0.2, 0) is 17.8 Å². The molecule has 104 valence electrons. The van der Waals surface area contributed by atoms with Crippen molar-refractivity contribution < 1.29 is 9.72 Å². The van der Waals surface area contributed by atoms with E-state index in [0.29, 0.717) is 6.54 Å². The molecule has 0 unspecified atom stereocenters. The van der Waals surface area contributed by atoms with Gasteiger partial charge in [-0.1, -0.05) is 24.3 Å². The van der Waals surface area contributed by atoms with Crippen molar-refractivity contribution in [1.82, 2.24) is 15.2 Å². The first kappa shape index (κ1) is 13.7. The van der Waals surface area contributed by atoms with Crippen LogP contribution in [0.4, 0.5) is 5.69 Å². The zero-order chi connectivity index (χ0) is 14.5. The minimum atomic E-state index is -0.503. The third kappa shape index (κ3) is 3.18. The number of hydrazine groups is 1. The maximum atomic E-state index is 11.3. The first-order valence-corrected chi connectivity index (χ1v) is 5.83.